The number of fused-ring (bicyclic) bond motifs is 2. The fourth-order valence-electron chi connectivity index (χ4n) is 3.09. The van der Waals surface area contributed by atoms with Crippen molar-refractivity contribution in [3.8, 4) is 0 Å². The summed E-state index contributed by atoms with van der Waals surface area (Å²) in [7, 11) is 0. The van der Waals surface area contributed by atoms with Crippen molar-refractivity contribution in [2.75, 3.05) is 18.0 Å². The first-order valence-corrected chi connectivity index (χ1v) is 5.86. The maximum Gasteiger partial charge on any atom is 0.164 e. The topological polar surface area (TPSA) is 42.1 Å². The summed E-state index contributed by atoms with van der Waals surface area (Å²) in [6.07, 6.45) is 5.31. The van der Waals surface area contributed by atoms with Crippen LogP contribution in [0.25, 0.3) is 0 Å². The lowest BCUT2D eigenvalue weighted by atomic mass is 9.93. The van der Waals surface area contributed by atoms with Gasteiger partial charge in [0.1, 0.15) is 0 Å². The number of halogens is 1. The summed E-state index contributed by atoms with van der Waals surface area (Å²) >= 11 is 0. The minimum Gasteiger partial charge on any atom is -0.368 e. The van der Waals surface area contributed by atoms with Crippen molar-refractivity contribution >= 4 is 5.69 Å². The highest BCUT2D eigenvalue weighted by Crippen LogP contribution is 2.37. The second kappa shape index (κ2) is 3.70. The molecule has 0 spiro atoms. The van der Waals surface area contributed by atoms with Crippen LogP contribution in [0.4, 0.5) is 10.1 Å². The maximum atomic E-state index is 13.6. The summed E-state index contributed by atoms with van der Waals surface area (Å²) < 4.78 is 13.6. The molecule has 3 atom stereocenters. The fraction of sp³-hybridized carbons (Fsp3) is 0.583. The summed E-state index contributed by atoms with van der Waals surface area (Å²) in [6.45, 7) is 1.78. The number of nitrogens with zero attached hydrogens (tertiary/aromatic N) is 2. The SMILES string of the molecule is NC1C2CC[C@H]1CN(c1ccncc1F)C2. The van der Waals surface area contributed by atoms with Gasteiger partial charge >= 0.3 is 0 Å². The zero-order valence-electron chi connectivity index (χ0n) is 9.14. The van der Waals surface area contributed by atoms with E-state index in [0.29, 0.717) is 23.6 Å². The Bertz CT molecular complexity index is 382. The van der Waals surface area contributed by atoms with Crippen LogP contribution in [0.15, 0.2) is 18.5 Å². The number of pyridine rings is 1. The predicted octanol–water partition coefficient (Wildman–Crippen LogP) is 1.39. The summed E-state index contributed by atoms with van der Waals surface area (Å²) in [6, 6.07) is 2.08. The molecule has 2 N–H and O–H groups in total. The zero-order valence-corrected chi connectivity index (χ0v) is 9.14. The van der Waals surface area contributed by atoms with Crippen LogP contribution >= 0.6 is 0 Å². The Balaban J connectivity index is 1.86. The summed E-state index contributed by atoms with van der Waals surface area (Å²) in [5, 5.41) is 0. The van der Waals surface area contributed by atoms with Gasteiger partial charge in [0.25, 0.3) is 0 Å². The van der Waals surface area contributed by atoms with E-state index >= 15 is 0 Å². The Morgan fingerprint density at radius 1 is 1.31 bits per heavy atom. The number of anilines is 1. The standard InChI is InChI=1S/C12H16FN3/c13-10-5-15-4-3-11(10)16-6-8-1-2-9(7-16)12(8)14/h3-5,8-9,12H,1-2,6-7,14H2/t8-,9?,12?/m0/s1. The van der Waals surface area contributed by atoms with Gasteiger partial charge in [0, 0.05) is 25.3 Å². The van der Waals surface area contributed by atoms with Crippen LogP contribution < -0.4 is 10.6 Å². The lowest BCUT2D eigenvalue weighted by Gasteiger charge is -2.37. The number of hydrogen-bond donors (Lipinski definition) is 1. The lowest BCUT2D eigenvalue weighted by Crippen LogP contribution is -2.49. The van der Waals surface area contributed by atoms with Gasteiger partial charge in [0.05, 0.1) is 11.9 Å². The molecule has 3 nitrogen and oxygen atoms in total. The van der Waals surface area contributed by atoms with E-state index in [1.54, 1.807) is 12.3 Å². The van der Waals surface area contributed by atoms with E-state index in [1.807, 2.05) is 0 Å². The van der Waals surface area contributed by atoms with Gasteiger partial charge < -0.3 is 10.6 Å². The first kappa shape index (κ1) is 10.0. The molecule has 2 bridgehead atoms. The molecule has 4 heteroatoms. The van der Waals surface area contributed by atoms with Gasteiger partial charge in [-0.1, -0.05) is 0 Å². The van der Waals surface area contributed by atoms with Gasteiger partial charge in [-0.15, -0.1) is 0 Å². The zero-order chi connectivity index (χ0) is 11.1. The fourth-order valence-corrected chi connectivity index (χ4v) is 3.09. The number of nitrogens with two attached hydrogens (primary N) is 1. The van der Waals surface area contributed by atoms with Crippen molar-refractivity contribution in [1.29, 1.82) is 0 Å². The molecule has 0 amide bonds. The highest BCUT2D eigenvalue weighted by molar-refractivity contribution is 5.47. The van der Waals surface area contributed by atoms with Crippen molar-refractivity contribution in [1.82, 2.24) is 4.98 Å². The maximum absolute atomic E-state index is 13.6. The molecule has 0 radical (unpaired) electrons. The lowest BCUT2D eigenvalue weighted by molar-refractivity contribution is 0.354. The monoisotopic (exact) mass is 221 g/mol. The molecular formula is C12H16FN3. The van der Waals surface area contributed by atoms with Crippen LogP contribution in [0.1, 0.15) is 12.8 Å². The second-order valence-corrected chi connectivity index (χ2v) is 4.91. The van der Waals surface area contributed by atoms with Crippen LogP contribution in [0.3, 0.4) is 0 Å². The normalized spacial score (nSPS) is 33.1. The summed E-state index contributed by atoms with van der Waals surface area (Å²) in [4.78, 5) is 5.91. The van der Waals surface area contributed by atoms with Crippen molar-refractivity contribution in [3.63, 3.8) is 0 Å². The molecule has 1 saturated carbocycles. The third-order valence-corrected chi connectivity index (χ3v) is 4.00. The molecule has 1 aromatic heterocycles. The van der Waals surface area contributed by atoms with Crippen molar-refractivity contribution < 1.29 is 4.39 Å². The van der Waals surface area contributed by atoms with Crippen LogP contribution in [0, 0.1) is 17.7 Å². The Morgan fingerprint density at radius 2 is 2.00 bits per heavy atom. The highest BCUT2D eigenvalue weighted by atomic mass is 19.1. The van der Waals surface area contributed by atoms with E-state index in [2.05, 4.69) is 9.88 Å². The molecule has 2 aliphatic rings. The van der Waals surface area contributed by atoms with Crippen molar-refractivity contribution in [2.45, 2.75) is 18.9 Å². The van der Waals surface area contributed by atoms with E-state index < -0.39 is 0 Å². The molecule has 1 aliphatic carbocycles. The van der Waals surface area contributed by atoms with Crippen LogP contribution in [-0.2, 0) is 0 Å². The molecule has 86 valence electrons. The molecule has 3 rings (SSSR count). The van der Waals surface area contributed by atoms with Gasteiger partial charge in [0.15, 0.2) is 5.82 Å². The quantitative estimate of drug-likeness (QED) is 0.779. The smallest absolute Gasteiger partial charge is 0.164 e. The van der Waals surface area contributed by atoms with Crippen LogP contribution in [0.2, 0.25) is 0 Å². The van der Waals surface area contributed by atoms with E-state index in [0.717, 1.165) is 13.1 Å². The Kier molecular flexibility index (Phi) is 2.32. The van der Waals surface area contributed by atoms with Crippen LogP contribution in [-0.4, -0.2) is 24.1 Å². The van der Waals surface area contributed by atoms with E-state index in [4.69, 9.17) is 5.73 Å². The molecule has 16 heavy (non-hydrogen) atoms. The van der Waals surface area contributed by atoms with Gasteiger partial charge in [-0.3, -0.25) is 4.98 Å². The number of rotatable bonds is 1. The number of piperidine rings is 1. The molecule has 2 unspecified atom stereocenters. The summed E-state index contributed by atoms with van der Waals surface area (Å²) in [5.41, 5.74) is 6.81. The van der Waals surface area contributed by atoms with Gasteiger partial charge in [-0.05, 0) is 30.7 Å². The van der Waals surface area contributed by atoms with Gasteiger partial charge in [0.2, 0.25) is 0 Å². The van der Waals surface area contributed by atoms with Crippen molar-refractivity contribution in [2.24, 2.45) is 17.6 Å². The third-order valence-electron chi connectivity index (χ3n) is 4.00. The molecule has 1 aliphatic heterocycles. The second-order valence-electron chi connectivity index (χ2n) is 4.91. The van der Waals surface area contributed by atoms with Gasteiger partial charge in [-0.25, -0.2) is 4.39 Å². The Morgan fingerprint density at radius 3 is 2.62 bits per heavy atom. The first-order chi connectivity index (χ1) is 7.75. The molecule has 2 fully saturated rings. The largest absolute Gasteiger partial charge is 0.368 e. The molecule has 1 saturated heterocycles. The Labute approximate surface area is 94.5 Å². The number of aromatic nitrogens is 1. The molecule has 2 heterocycles. The molecule has 0 aromatic carbocycles. The average Bonchev–Trinajstić information content (AvgIpc) is 2.53. The third kappa shape index (κ3) is 1.48. The Hall–Kier alpha value is -1.16. The van der Waals surface area contributed by atoms with Gasteiger partial charge in [-0.2, -0.15) is 0 Å². The highest BCUT2D eigenvalue weighted by Gasteiger charge is 2.40. The first-order valence-electron chi connectivity index (χ1n) is 5.86. The number of hydrogen-bond acceptors (Lipinski definition) is 3. The van der Waals surface area contributed by atoms with Crippen molar-refractivity contribution in [3.05, 3.63) is 24.3 Å². The van der Waals surface area contributed by atoms with E-state index in [-0.39, 0.29) is 5.82 Å². The summed E-state index contributed by atoms with van der Waals surface area (Å²) in [5.74, 6) is 0.843. The minimum absolute atomic E-state index is 0.225. The van der Waals surface area contributed by atoms with E-state index in [1.165, 1.54) is 19.0 Å². The van der Waals surface area contributed by atoms with Crippen LogP contribution in [0.5, 0.6) is 0 Å². The molecule has 1 aromatic rings. The minimum atomic E-state index is -0.225. The van der Waals surface area contributed by atoms with E-state index in [9.17, 15) is 4.39 Å². The predicted molar refractivity (Wildman–Crippen MR) is 60.6 cm³/mol. The average molecular weight is 221 g/mol. The molecular weight excluding hydrogens is 205 g/mol.